The van der Waals surface area contributed by atoms with Crippen LogP contribution in [0.1, 0.15) is 6.42 Å². The fraction of sp³-hybridized carbons (Fsp3) is 0.190. The van der Waals surface area contributed by atoms with Crippen LogP contribution in [-0.4, -0.2) is 39.7 Å². The molecule has 29 heavy (non-hydrogen) atoms. The molecule has 3 N–H and O–H groups in total. The predicted molar refractivity (Wildman–Crippen MR) is 117 cm³/mol. The summed E-state index contributed by atoms with van der Waals surface area (Å²) in [6.07, 6.45) is -0.318. The number of amides is 1. The Bertz CT molecular complexity index is 1170. The summed E-state index contributed by atoms with van der Waals surface area (Å²) in [4.78, 5) is 25.4. The second kappa shape index (κ2) is 7.22. The molecule has 6 nitrogen and oxygen atoms in total. The zero-order chi connectivity index (χ0) is 20.0. The van der Waals surface area contributed by atoms with Gasteiger partial charge in [0, 0.05) is 23.9 Å². The highest BCUT2D eigenvalue weighted by Gasteiger charge is 2.37. The quantitative estimate of drug-likeness (QED) is 0.525. The number of benzene rings is 1. The van der Waals surface area contributed by atoms with Crippen molar-refractivity contribution < 1.29 is 9.90 Å². The summed E-state index contributed by atoms with van der Waals surface area (Å²) in [7, 11) is 0. The number of hydrogen-bond acceptors (Lipinski definition) is 7. The second-order valence-corrected chi connectivity index (χ2v) is 8.81. The largest absolute Gasteiger partial charge is 0.391 e. The molecule has 0 aliphatic carbocycles. The molecule has 0 bridgehead atoms. The number of aromatic nitrogens is 2. The molecular weight excluding hydrogens is 404 g/mol. The molecule has 8 heteroatoms. The van der Waals surface area contributed by atoms with E-state index in [2.05, 4.69) is 5.38 Å². The van der Waals surface area contributed by atoms with Gasteiger partial charge < -0.3 is 15.7 Å². The minimum absolute atomic E-state index is 0.306. The van der Waals surface area contributed by atoms with Gasteiger partial charge in [-0.2, -0.15) is 0 Å². The molecule has 1 fully saturated rings. The first-order valence-electron chi connectivity index (χ1n) is 9.24. The van der Waals surface area contributed by atoms with Gasteiger partial charge in [-0.25, -0.2) is 9.97 Å². The van der Waals surface area contributed by atoms with Gasteiger partial charge in [0.1, 0.15) is 16.7 Å². The number of nitrogens with zero attached hydrogens (tertiary/aromatic N) is 3. The van der Waals surface area contributed by atoms with Gasteiger partial charge in [0.2, 0.25) is 5.91 Å². The number of hydrogen-bond donors (Lipinski definition) is 2. The summed E-state index contributed by atoms with van der Waals surface area (Å²) in [6.45, 7) is 0.313. The monoisotopic (exact) mass is 422 g/mol. The van der Waals surface area contributed by atoms with Crippen molar-refractivity contribution in [1.29, 1.82) is 0 Å². The molecule has 1 aliphatic heterocycles. The van der Waals surface area contributed by atoms with Crippen LogP contribution in [0, 0.1) is 0 Å². The number of carbonyl (C=O) groups excluding carboxylic acids is 1. The van der Waals surface area contributed by atoms with E-state index in [4.69, 9.17) is 15.7 Å². The van der Waals surface area contributed by atoms with Crippen molar-refractivity contribution in [2.24, 2.45) is 5.73 Å². The number of β-amino-alcohol motifs (C(OH)–C–C–N with tert-alkyl or cyclic N) is 1. The Labute approximate surface area is 175 Å². The molecule has 2 unspecified atom stereocenters. The van der Waals surface area contributed by atoms with E-state index in [1.165, 1.54) is 0 Å². The van der Waals surface area contributed by atoms with Crippen molar-refractivity contribution in [2.75, 3.05) is 11.4 Å². The van der Waals surface area contributed by atoms with E-state index in [0.29, 0.717) is 24.6 Å². The van der Waals surface area contributed by atoms with Gasteiger partial charge in [0.25, 0.3) is 0 Å². The van der Waals surface area contributed by atoms with E-state index < -0.39 is 18.1 Å². The van der Waals surface area contributed by atoms with E-state index in [-0.39, 0.29) is 0 Å². The number of nitrogens with two attached hydrogens (primary N) is 1. The second-order valence-electron chi connectivity index (χ2n) is 7.00. The number of aliphatic hydroxyl groups is 1. The molecular formula is C21H18N4O2S2. The predicted octanol–water partition coefficient (Wildman–Crippen LogP) is 3.51. The standard InChI is InChI=1S/C21H18N4O2S2/c22-18(27)15-9-13(26)10-25(15)20-17-14(12-5-2-1-3-6-12)11-29-21(17)24-19(23-20)16-7-4-8-28-16/h1-8,11,13,15,26H,9-10H2,(H2,22,27). The molecule has 5 rings (SSSR count). The summed E-state index contributed by atoms with van der Waals surface area (Å²) in [5.41, 5.74) is 7.73. The number of rotatable bonds is 4. The molecule has 1 aromatic carbocycles. The highest BCUT2D eigenvalue weighted by Crippen LogP contribution is 2.41. The lowest BCUT2D eigenvalue weighted by molar-refractivity contribution is -0.119. The van der Waals surface area contributed by atoms with Crippen LogP contribution < -0.4 is 10.6 Å². The molecule has 0 saturated carbocycles. The Balaban J connectivity index is 1.77. The molecule has 2 atom stereocenters. The van der Waals surface area contributed by atoms with Crippen LogP contribution in [0.4, 0.5) is 5.82 Å². The van der Waals surface area contributed by atoms with Gasteiger partial charge >= 0.3 is 0 Å². The Hall–Kier alpha value is -2.81. The van der Waals surface area contributed by atoms with Gasteiger partial charge in [-0.15, -0.1) is 22.7 Å². The number of primary amides is 1. The van der Waals surface area contributed by atoms with Gasteiger partial charge in [0.15, 0.2) is 5.82 Å². The molecule has 0 spiro atoms. The Morgan fingerprint density at radius 2 is 1.97 bits per heavy atom. The van der Waals surface area contributed by atoms with Gasteiger partial charge in [0.05, 0.1) is 16.4 Å². The van der Waals surface area contributed by atoms with Crippen molar-refractivity contribution in [3.8, 4) is 21.8 Å². The highest BCUT2D eigenvalue weighted by atomic mass is 32.1. The fourth-order valence-electron chi connectivity index (χ4n) is 3.80. The van der Waals surface area contributed by atoms with Crippen LogP contribution >= 0.6 is 22.7 Å². The Morgan fingerprint density at radius 3 is 2.69 bits per heavy atom. The smallest absolute Gasteiger partial charge is 0.240 e. The summed E-state index contributed by atoms with van der Waals surface area (Å²) in [5.74, 6) is 0.815. The molecule has 4 heterocycles. The zero-order valence-electron chi connectivity index (χ0n) is 15.4. The maximum absolute atomic E-state index is 12.1. The van der Waals surface area contributed by atoms with Crippen LogP contribution in [-0.2, 0) is 4.79 Å². The van der Waals surface area contributed by atoms with E-state index in [9.17, 15) is 9.90 Å². The molecule has 0 radical (unpaired) electrons. The van der Waals surface area contributed by atoms with Gasteiger partial charge in [-0.05, 0) is 17.0 Å². The first-order valence-corrected chi connectivity index (χ1v) is 11.0. The first kappa shape index (κ1) is 18.2. The topological polar surface area (TPSA) is 92.3 Å². The number of carbonyl (C=O) groups is 1. The third kappa shape index (κ3) is 3.19. The third-order valence-electron chi connectivity index (χ3n) is 5.12. The summed E-state index contributed by atoms with van der Waals surface area (Å²) in [6, 6.07) is 13.4. The van der Waals surface area contributed by atoms with Crippen LogP contribution in [0.5, 0.6) is 0 Å². The maximum Gasteiger partial charge on any atom is 0.240 e. The van der Waals surface area contributed by atoms with Gasteiger partial charge in [-0.1, -0.05) is 36.4 Å². The first-order chi connectivity index (χ1) is 14.1. The minimum Gasteiger partial charge on any atom is -0.391 e. The lowest BCUT2D eigenvalue weighted by atomic mass is 10.1. The zero-order valence-corrected chi connectivity index (χ0v) is 17.0. The van der Waals surface area contributed by atoms with E-state index in [1.54, 1.807) is 22.7 Å². The minimum atomic E-state index is -0.624. The SMILES string of the molecule is NC(=O)C1CC(O)CN1c1nc(-c2cccs2)nc2scc(-c3ccccc3)c12. The number of fused-ring (bicyclic) bond motifs is 1. The van der Waals surface area contributed by atoms with Crippen LogP contribution in [0.15, 0.2) is 53.2 Å². The molecule has 4 aromatic rings. The molecule has 1 saturated heterocycles. The summed E-state index contributed by atoms with van der Waals surface area (Å²) in [5, 5.41) is 15.2. The Morgan fingerprint density at radius 1 is 1.14 bits per heavy atom. The molecule has 146 valence electrons. The summed E-state index contributed by atoms with van der Waals surface area (Å²) < 4.78 is 0. The number of thiophene rings is 2. The van der Waals surface area contributed by atoms with Crippen molar-refractivity contribution in [2.45, 2.75) is 18.6 Å². The van der Waals surface area contributed by atoms with E-state index >= 15 is 0 Å². The van der Waals surface area contributed by atoms with Gasteiger partial charge in [-0.3, -0.25) is 4.79 Å². The average molecular weight is 423 g/mol. The highest BCUT2D eigenvalue weighted by molar-refractivity contribution is 7.17. The molecule has 1 amide bonds. The lowest BCUT2D eigenvalue weighted by Crippen LogP contribution is -2.41. The van der Waals surface area contributed by atoms with Crippen LogP contribution in [0.2, 0.25) is 0 Å². The average Bonchev–Trinajstić information content (AvgIpc) is 3.47. The van der Waals surface area contributed by atoms with Crippen LogP contribution in [0.3, 0.4) is 0 Å². The number of anilines is 1. The molecule has 1 aliphatic rings. The third-order valence-corrected chi connectivity index (χ3v) is 6.86. The number of aliphatic hydroxyl groups excluding tert-OH is 1. The van der Waals surface area contributed by atoms with Crippen molar-refractivity contribution in [1.82, 2.24) is 9.97 Å². The van der Waals surface area contributed by atoms with Crippen molar-refractivity contribution in [3.05, 3.63) is 53.2 Å². The lowest BCUT2D eigenvalue weighted by Gasteiger charge is -2.24. The fourth-order valence-corrected chi connectivity index (χ4v) is 5.39. The maximum atomic E-state index is 12.1. The normalized spacial score (nSPS) is 19.1. The summed E-state index contributed by atoms with van der Waals surface area (Å²) >= 11 is 3.12. The van der Waals surface area contributed by atoms with Crippen molar-refractivity contribution in [3.63, 3.8) is 0 Å². The molecule has 3 aromatic heterocycles. The van der Waals surface area contributed by atoms with E-state index in [0.717, 1.165) is 26.2 Å². The van der Waals surface area contributed by atoms with E-state index in [1.807, 2.05) is 52.7 Å². The van der Waals surface area contributed by atoms with Crippen LogP contribution in [0.25, 0.3) is 32.0 Å². The van der Waals surface area contributed by atoms with Crippen molar-refractivity contribution >= 4 is 44.6 Å². The Kier molecular flexibility index (Phi) is 4.54.